The van der Waals surface area contributed by atoms with Gasteiger partial charge in [0.1, 0.15) is 0 Å². The molecule has 1 rings (SSSR count). The Kier molecular flexibility index (Phi) is 5.03. The van der Waals surface area contributed by atoms with Crippen molar-refractivity contribution < 1.29 is 4.74 Å². The van der Waals surface area contributed by atoms with Gasteiger partial charge in [0.2, 0.25) is 0 Å². The van der Waals surface area contributed by atoms with Crippen molar-refractivity contribution in [3.63, 3.8) is 0 Å². The van der Waals surface area contributed by atoms with Gasteiger partial charge in [-0.25, -0.2) is 0 Å². The lowest BCUT2D eigenvalue weighted by molar-refractivity contribution is -0.119. The summed E-state index contributed by atoms with van der Waals surface area (Å²) in [6.07, 6.45) is 5.23. The molecule has 0 amide bonds. The van der Waals surface area contributed by atoms with Gasteiger partial charge in [-0.3, -0.25) is 0 Å². The van der Waals surface area contributed by atoms with Crippen LogP contribution in [0.4, 0.5) is 0 Å². The highest BCUT2D eigenvalue weighted by Crippen LogP contribution is 2.38. The molecule has 2 heteroatoms. The number of ether oxygens (including phenoxy) is 1. The lowest BCUT2D eigenvalue weighted by Gasteiger charge is -2.46. The van der Waals surface area contributed by atoms with E-state index < -0.39 is 0 Å². The Balaban J connectivity index is 2.74. The Morgan fingerprint density at radius 2 is 1.94 bits per heavy atom. The zero-order valence-electron chi connectivity index (χ0n) is 12.6. The zero-order valence-corrected chi connectivity index (χ0v) is 12.6. The summed E-state index contributed by atoms with van der Waals surface area (Å²) in [6, 6.07) is 0.493. The first-order chi connectivity index (χ1) is 7.82. The maximum Gasteiger partial charge on any atom is 0.0740 e. The van der Waals surface area contributed by atoms with E-state index in [0.717, 1.165) is 13.0 Å². The lowest BCUT2D eigenvalue weighted by Crippen LogP contribution is -2.55. The molecule has 17 heavy (non-hydrogen) atoms. The molecule has 0 aromatic rings. The topological polar surface area (TPSA) is 21.3 Å². The van der Waals surface area contributed by atoms with Gasteiger partial charge in [0.15, 0.2) is 0 Å². The third-order valence-corrected chi connectivity index (χ3v) is 4.27. The van der Waals surface area contributed by atoms with Crippen molar-refractivity contribution in [3.05, 3.63) is 0 Å². The molecule has 1 N–H and O–H groups in total. The maximum atomic E-state index is 6.37. The van der Waals surface area contributed by atoms with Crippen LogP contribution >= 0.6 is 0 Å². The Morgan fingerprint density at radius 3 is 2.47 bits per heavy atom. The maximum absolute atomic E-state index is 6.37. The smallest absolute Gasteiger partial charge is 0.0740 e. The minimum Gasteiger partial charge on any atom is -0.371 e. The summed E-state index contributed by atoms with van der Waals surface area (Å²) in [7, 11) is 0. The lowest BCUT2D eigenvalue weighted by atomic mass is 9.71. The Hall–Kier alpha value is -0.0800. The molecular weight excluding hydrogens is 210 g/mol. The minimum absolute atomic E-state index is 0.00571. The van der Waals surface area contributed by atoms with Crippen LogP contribution in [0.1, 0.15) is 67.2 Å². The van der Waals surface area contributed by atoms with Crippen molar-refractivity contribution in [1.82, 2.24) is 5.32 Å². The van der Waals surface area contributed by atoms with Crippen molar-refractivity contribution in [3.8, 4) is 0 Å². The summed E-state index contributed by atoms with van der Waals surface area (Å²) < 4.78 is 6.37. The summed E-state index contributed by atoms with van der Waals surface area (Å²) in [6.45, 7) is 14.6. The molecule has 1 fully saturated rings. The summed E-state index contributed by atoms with van der Waals surface area (Å²) in [5, 5.41) is 3.65. The molecule has 1 saturated carbocycles. The molecular formula is C15H31NO. The summed E-state index contributed by atoms with van der Waals surface area (Å²) >= 11 is 0. The van der Waals surface area contributed by atoms with E-state index in [1.807, 2.05) is 0 Å². The molecule has 0 aromatic heterocycles. The number of likely N-dealkylation sites (N-methyl/N-ethyl adjacent to an activating group) is 1. The largest absolute Gasteiger partial charge is 0.371 e. The summed E-state index contributed by atoms with van der Waals surface area (Å²) in [5.41, 5.74) is 0.356. The molecule has 2 atom stereocenters. The first-order valence-electron chi connectivity index (χ1n) is 7.23. The first-order valence-corrected chi connectivity index (χ1v) is 7.23. The van der Waals surface area contributed by atoms with Crippen molar-refractivity contribution in [2.75, 3.05) is 6.54 Å². The van der Waals surface area contributed by atoms with Gasteiger partial charge < -0.3 is 10.1 Å². The molecule has 2 unspecified atom stereocenters. The van der Waals surface area contributed by atoms with Crippen molar-refractivity contribution in [2.24, 2.45) is 5.41 Å². The molecule has 0 saturated heterocycles. The predicted molar refractivity (Wildman–Crippen MR) is 74.3 cm³/mol. The van der Waals surface area contributed by atoms with Gasteiger partial charge in [0, 0.05) is 6.04 Å². The van der Waals surface area contributed by atoms with Crippen molar-refractivity contribution in [1.29, 1.82) is 0 Å². The molecule has 0 bridgehead atoms. The Morgan fingerprint density at radius 1 is 1.29 bits per heavy atom. The highest BCUT2D eigenvalue weighted by molar-refractivity contribution is 4.95. The third-order valence-electron chi connectivity index (χ3n) is 4.27. The first kappa shape index (κ1) is 15.0. The Bertz CT molecular complexity index is 235. The molecule has 0 radical (unpaired) electrons. The third kappa shape index (κ3) is 3.96. The number of hydrogen-bond donors (Lipinski definition) is 1. The SMILES string of the molecule is CCNC1C(OC(C)(C)CC)CCCC1(C)C. The zero-order chi connectivity index (χ0) is 13.1. The predicted octanol–water partition coefficient (Wildman–Crippen LogP) is 3.75. The van der Waals surface area contributed by atoms with Crippen LogP contribution in [0.15, 0.2) is 0 Å². The van der Waals surface area contributed by atoms with Crippen LogP contribution in [0.5, 0.6) is 0 Å². The van der Waals surface area contributed by atoms with Crippen LogP contribution in [0, 0.1) is 5.41 Å². The van der Waals surface area contributed by atoms with E-state index in [1.165, 1.54) is 19.3 Å². The molecule has 0 aliphatic heterocycles. The second kappa shape index (κ2) is 5.71. The van der Waals surface area contributed by atoms with Crippen LogP contribution in [0.3, 0.4) is 0 Å². The van der Waals surface area contributed by atoms with Crippen molar-refractivity contribution in [2.45, 2.75) is 85.0 Å². The van der Waals surface area contributed by atoms with E-state index in [9.17, 15) is 0 Å². The van der Waals surface area contributed by atoms with Crippen molar-refractivity contribution >= 4 is 0 Å². The molecule has 0 spiro atoms. The van der Waals surface area contributed by atoms with Crippen LogP contribution in [-0.2, 0) is 4.74 Å². The van der Waals surface area contributed by atoms with Gasteiger partial charge in [-0.15, -0.1) is 0 Å². The molecule has 2 nitrogen and oxygen atoms in total. The van der Waals surface area contributed by atoms with Crippen LogP contribution in [0.2, 0.25) is 0 Å². The summed E-state index contributed by atoms with van der Waals surface area (Å²) in [5.74, 6) is 0. The fraction of sp³-hybridized carbons (Fsp3) is 1.00. The number of nitrogens with one attached hydrogen (secondary N) is 1. The van der Waals surface area contributed by atoms with Crippen LogP contribution < -0.4 is 5.32 Å². The number of hydrogen-bond acceptors (Lipinski definition) is 2. The molecule has 0 aromatic carbocycles. The van der Waals surface area contributed by atoms with E-state index >= 15 is 0 Å². The number of rotatable bonds is 5. The van der Waals surface area contributed by atoms with Gasteiger partial charge in [-0.1, -0.05) is 34.1 Å². The summed E-state index contributed by atoms with van der Waals surface area (Å²) in [4.78, 5) is 0. The van der Waals surface area contributed by atoms with Gasteiger partial charge >= 0.3 is 0 Å². The van der Waals surface area contributed by atoms with Crippen LogP contribution in [-0.4, -0.2) is 24.3 Å². The van der Waals surface area contributed by atoms with E-state index in [0.29, 0.717) is 17.6 Å². The van der Waals surface area contributed by atoms with Crippen LogP contribution in [0.25, 0.3) is 0 Å². The highest BCUT2D eigenvalue weighted by Gasteiger charge is 2.40. The second-order valence-electron chi connectivity index (χ2n) is 6.69. The standard InChI is InChI=1S/C15H31NO/c1-7-15(5,6)17-12-10-9-11-14(3,4)13(12)16-8-2/h12-13,16H,7-11H2,1-6H3. The fourth-order valence-corrected chi connectivity index (χ4v) is 2.83. The molecule has 0 heterocycles. The van der Waals surface area contributed by atoms with E-state index in [-0.39, 0.29) is 5.60 Å². The van der Waals surface area contributed by atoms with E-state index in [4.69, 9.17) is 4.74 Å². The van der Waals surface area contributed by atoms with Gasteiger partial charge in [-0.2, -0.15) is 0 Å². The Labute approximate surface area is 108 Å². The van der Waals surface area contributed by atoms with Gasteiger partial charge in [0.05, 0.1) is 11.7 Å². The van der Waals surface area contributed by atoms with Gasteiger partial charge in [0.25, 0.3) is 0 Å². The van der Waals surface area contributed by atoms with E-state index in [1.54, 1.807) is 0 Å². The average Bonchev–Trinajstić information content (AvgIpc) is 2.22. The fourth-order valence-electron chi connectivity index (χ4n) is 2.83. The quantitative estimate of drug-likeness (QED) is 0.791. The molecule has 1 aliphatic carbocycles. The average molecular weight is 241 g/mol. The highest BCUT2D eigenvalue weighted by atomic mass is 16.5. The minimum atomic E-state index is 0.00571. The molecule has 1 aliphatic rings. The second-order valence-corrected chi connectivity index (χ2v) is 6.69. The monoisotopic (exact) mass is 241 g/mol. The normalized spacial score (nSPS) is 29.3. The van der Waals surface area contributed by atoms with Gasteiger partial charge in [-0.05, 0) is 45.1 Å². The molecule has 102 valence electrons. The van der Waals surface area contributed by atoms with E-state index in [2.05, 4.69) is 46.9 Å².